The van der Waals surface area contributed by atoms with Gasteiger partial charge in [-0.3, -0.25) is 19.7 Å². The van der Waals surface area contributed by atoms with Crippen LogP contribution < -0.4 is 24.8 Å². The molecule has 0 radical (unpaired) electrons. The van der Waals surface area contributed by atoms with Crippen LogP contribution in [0.2, 0.25) is 5.02 Å². The van der Waals surface area contributed by atoms with E-state index < -0.39 is 16.7 Å². The van der Waals surface area contributed by atoms with Crippen LogP contribution in [-0.4, -0.2) is 38.1 Å². The summed E-state index contributed by atoms with van der Waals surface area (Å²) in [7, 11) is 4.21. The minimum Gasteiger partial charge on any atom is -0.497 e. The van der Waals surface area contributed by atoms with Gasteiger partial charge in [-0.1, -0.05) is 11.6 Å². The highest BCUT2D eigenvalue weighted by atomic mass is 35.5. The van der Waals surface area contributed by atoms with Crippen molar-refractivity contribution < 1.29 is 28.7 Å². The molecule has 2 N–H and O–H groups in total. The number of hydrogen-bond donors (Lipinski definition) is 2. The maximum atomic E-state index is 13.2. The molecule has 0 aromatic heterocycles. The van der Waals surface area contributed by atoms with E-state index in [1.165, 1.54) is 51.7 Å². The number of ether oxygens (including phenoxy) is 3. The van der Waals surface area contributed by atoms with Crippen LogP contribution in [0, 0.1) is 10.1 Å². The van der Waals surface area contributed by atoms with Gasteiger partial charge in [0, 0.05) is 16.3 Å². The second-order valence-electron chi connectivity index (χ2n) is 7.22. The van der Waals surface area contributed by atoms with Gasteiger partial charge in [0.15, 0.2) is 11.5 Å². The molecule has 0 aliphatic heterocycles. The van der Waals surface area contributed by atoms with Gasteiger partial charge >= 0.3 is 0 Å². The number of benzene rings is 3. The Morgan fingerprint density at radius 2 is 1.53 bits per heavy atom. The van der Waals surface area contributed by atoms with Gasteiger partial charge in [0.05, 0.1) is 37.9 Å². The minimum absolute atomic E-state index is 0.00828. The van der Waals surface area contributed by atoms with Crippen LogP contribution in [0.4, 0.5) is 11.4 Å². The SMILES string of the molecule is COc1ccc(C(=O)NC(=Cc2cc(OC)c(OC)cc2[N+](=O)[O-])C(=O)Nc2ccc(Cl)cc2)cc1. The average Bonchev–Trinajstić information content (AvgIpc) is 2.89. The Morgan fingerprint density at radius 3 is 2.08 bits per heavy atom. The zero-order valence-corrected chi connectivity index (χ0v) is 20.3. The molecule has 0 heterocycles. The lowest BCUT2D eigenvalue weighted by Crippen LogP contribution is -2.30. The van der Waals surface area contributed by atoms with Gasteiger partial charge in [0.1, 0.15) is 11.4 Å². The van der Waals surface area contributed by atoms with Crippen molar-refractivity contribution in [1.82, 2.24) is 5.32 Å². The van der Waals surface area contributed by atoms with E-state index in [1.807, 2.05) is 0 Å². The predicted molar refractivity (Wildman–Crippen MR) is 135 cm³/mol. The second-order valence-corrected chi connectivity index (χ2v) is 7.66. The third kappa shape index (κ3) is 6.30. The van der Waals surface area contributed by atoms with Gasteiger partial charge in [0.25, 0.3) is 17.5 Å². The normalized spacial score (nSPS) is 10.8. The van der Waals surface area contributed by atoms with Gasteiger partial charge < -0.3 is 24.8 Å². The van der Waals surface area contributed by atoms with E-state index in [1.54, 1.807) is 36.4 Å². The molecule has 0 unspecified atom stereocenters. The summed E-state index contributed by atoms with van der Waals surface area (Å²) < 4.78 is 15.5. The standard InChI is InChI=1S/C25H22ClN3O7/c1-34-19-10-4-15(5-11-19)24(30)28-20(25(31)27-18-8-6-17(26)7-9-18)12-16-13-22(35-2)23(36-3)14-21(16)29(32)33/h4-14H,1-3H3,(H,27,31)(H,28,30). The van der Waals surface area contributed by atoms with Crippen LogP contribution in [0.1, 0.15) is 15.9 Å². The minimum atomic E-state index is -0.719. The summed E-state index contributed by atoms with van der Waals surface area (Å²) in [6, 6.07) is 15.0. The number of nitrogens with zero attached hydrogens (tertiary/aromatic N) is 1. The van der Waals surface area contributed by atoms with E-state index in [9.17, 15) is 19.7 Å². The van der Waals surface area contributed by atoms with E-state index in [-0.39, 0.29) is 34.0 Å². The van der Waals surface area contributed by atoms with Crippen molar-refractivity contribution in [2.45, 2.75) is 0 Å². The third-order valence-corrected chi connectivity index (χ3v) is 5.23. The molecule has 0 bridgehead atoms. The summed E-state index contributed by atoms with van der Waals surface area (Å²) in [5.41, 5.74) is 0.0387. The zero-order valence-electron chi connectivity index (χ0n) is 19.5. The molecule has 186 valence electrons. The van der Waals surface area contributed by atoms with Crippen molar-refractivity contribution in [2.24, 2.45) is 0 Å². The molecule has 10 nitrogen and oxygen atoms in total. The van der Waals surface area contributed by atoms with E-state index in [0.717, 1.165) is 0 Å². The largest absolute Gasteiger partial charge is 0.497 e. The molecule has 0 aliphatic carbocycles. The number of halogens is 1. The van der Waals surface area contributed by atoms with Crippen LogP contribution in [0.15, 0.2) is 66.4 Å². The highest BCUT2D eigenvalue weighted by Crippen LogP contribution is 2.35. The maximum absolute atomic E-state index is 13.2. The first-order valence-electron chi connectivity index (χ1n) is 10.4. The summed E-state index contributed by atoms with van der Waals surface area (Å²) in [5, 5.41) is 17.4. The number of rotatable bonds is 9. The van der Waals surface area contributed by atoms with Gasteiger partial charge in [-0.2, -0.15) is 0 Å². The Balaban J connectivity index is 2.05. The predicted octanol–water partition coefficient (Wildman–Crippen LogP) is 4.68. The second kappa shape index (κ2) is 11.7. The summed E-state index contributed by atoms with van der Waals surface area (Å²) >= 11 is 5.90. The third-order valence-electron chi connectivity index (χ3n) is 4.98. The molecule has 0 spiro atoms. The van der Waals surface area contributed by atoms with Gasteiger partial charge in [-0.15, -0.1) is 0 Å². The quantitative estimate of drug-likeness (QED) is 0.242. The fourth-order valence-electron chi connectivity index (χ4n) is 3.14. The van der Waals surface area contributed by atoms with Crippen LogP contribution in [-0.2, 0) is 4.79 Å². The number of nitro groups is 1. The van der Waals surface area contributed by atoms with Gasteiger partial charge in [-0.05, 0) is 60.7 Å². The Labute approximate surface area is 211 Å². The summed E-state index contributed by atoms with van der Waals surface area (Å²) in [4.78, 5) is 37.2. The first kappa shape index (κ1) is 26.0. The highest BCUT2D eigenvalue weighted by molar-refractivity contribution is 6.30. The number of nitrogens with one attached hydrogen (secondary N) is 2. The van der Waals surface area contributed by atoms with Crippen molar-refractivity contribution in [3.05, 3.63) is 92.6 Å². The maximum Gasteiger partial charge on any atom is 0.280 e. The zero-order chi connectivity index (χ0) is 26.2. The van der Waals surface area contributed by atoms with Crippen LogP contribution >= 0.6 is 11.6 Å². The number of hydrogen-bond acceptors (Lipinski definition) is 7. The van der Waals surface area contributed by atoms with Gasteiger partial charge in [0.2, 0.25) is 0 Å². The lowest BCUT2D eigenvalue weighted by molar-refractivity contribution is -0.385. The number of carbonyl (C=O) groups excluding carboxylic acids is 2. The molecule has 0 saturated heterocycles. The molecule has 0 aliphatic rings. The Kier molecular flexibility index (Phi) is 8.48. The molecule has 3 aromatic carbocycles. The molecule has 0 saturated carbocycles. The van der Waals surface area contributed by atoms with Crippen LogP contribution in [0.5, 0.6) is 17.2 Å². The molecule has 0 fully saturated rings. The molecule has 2 amide bonds. The fourth-order valence-corrected chi connectivity index (χ4v) is 3.27. The monoisotopic (exact) mass is 511 g/mol. The summed E-state index contributed by atoms with van der Waals surface area (Å²) in [6.07, 6.45) is 1.19. The summed E-state index contributed by atoms with van der Waals surface area (Å²) in [6.45, 7) is 0. The number of methoxy groups -OCH3 is 3. The lowest BCUT2D eigenvalue weighted by Gasteiger charge is -2.13. The van der Waals surface area contributed by atoms with Crippen molar-refractivity contribution in [3.8, 4) is 17.2 Å². The van der Waals surface area contributed by atoms with E-state index in [0.29, 0.717) is 16.5 Å². The number of carbonyl (C=O) groups is 2. The Morgan fingerprint density at radius 1 is 0.917 bits per heavy atom. The lowest BCUT2D eigenvalue weighted by atomic mass is 10.1. The topological polar surface area (TPSA) is 129 Å². The van der Waals surface area contributed by atoms with Gasteiger partial charge in [-0.25, -0.2) is 0 Å². The van der Waals surface area contributed by atoms with Crippen molar-refractivity contribution in [2.75, 3.05) is 26.6 Å². The first-order valence-corrected chi connectivity index (χ1v) is 10.8. The van der Waals surface area contributed by atoms with Crippen molar-refractivity contribution >= 4 is 40.9 Å². The van der Waals surface area contributed by atoms with Crippen molar-refractivity contribution in [3.63, 3.8) is 0 Å². The molecular weight excluding hydrogens is 490 g/mol. The number of nitro benzene ring substituents is 1. The molecule has 3 aromatic rings. The van der Waals surface area contributed by atoms with Crippen LogP contribution in [0.25, 0.3) is 6.08 Å². The highest BCUT2D eigenvalue weighted by Gasteiger charge is 2.22. The fraction of sp³-hybridized carbons (Fsp3) is 0.120. The number of anilines is 1. The first-order chi connectivity index (χ1) is 17.2. The average molecular weight is 512 g/mol. The molecule has 36 heavy (non-hydrogen) atoms. The molecule has 3 rings (SSSR count). The molecular formula is C25H22ClN3O7. The van der Waals surface area contributed by atoms with Crippen LogP contribution in [0.3, 0.4) is 0 Å². The van der Waals surface area contributed by atoms with E-state index >= 15 is 0 Å². The Hall–Kier alpha value is -4.57. The smallest absolute Gasteiger partial charge is 0.280 e. The van der Waals surface area contributed by atoms with E-state index in [2.05, 4.69) is 10.6 Å². The van der Waals surface area contributed by atoms with E-state index in [4.69, 9.17) is 25.8 Å². The van der Waals surface area contributed by atoms with Crippen molar-refractivity contribution in [1.29, 1.82) is 0 Å². The molecule has 11 heteroatoms. The Bertz CT molecular complexity index is 1310. The summed E-state index contributed by atoms with van der Waals surface area (Å²) in [5.74, 6) is -0.450. The molecule has 0 atom stereocenters. The number of amides is 2.